The summed E-state index contributed by atoms with van der Waals surface area (Å²) in [6.07, 6.45) is 1.32. The molecular weight excluding hydrogens is 309 g/mol. The van der Waals surface area contributed by atoms with Crippen LogP contribution >= 0.6 is 11.6 Å². The summed E-state index contributed by atoms with van der Waals surface area (Å²) < 4.78 is 13.5. The van der Waals surface area contributed by atoms with Gasteiger partial charge < -0.3 is 20.6 Å². The van der Waals surface area contributed by atoms with Gasteiger partial charge in [-0.2, -0.15) is 0 Å². The number of rotatable bonds is 5. The normalized spacial score (nSPS) is 19.1. The molecule has 1 aromatic carbocycles. The second kappa shape index (κ2) is 7.65. The van der Waals surface area contributed by atoms with Gasteiger partial charge in [-0.05, 0) is 38.0 Å². The Bertz CT molecular complexity index is 530. The van der Waals surface area contributed by atoms with Gasteiger partial charge in [-0.1, -0.05) is 11.6 Å². The molecule has 2 rings (SSSR count). The summed E-state index contributed by atoms with van der Waals surface area (Å²) in [5, 5.41) is 14.6. The summed E-state index contributed by atoms with van der Waals surface area (Å²) in [4.78, 5) is 13.8. The van der Waals surface area contributed by atoms with Gasteiger partial charge >= 0.3 is 6.03 Å². The number of halogens is 2. The maximum Gasteiger partial charge on any atom is 0.315 e. The lowest BCUT2D eigenvalue weighted by Gasteiger charge is -2.20. The van der Waals surface area contributed by atoms with Crippen LogP contribution in [0.1, 0.15) is 19.8 Å². The van der Waals surface area contributed by atoms with Crippen molar-refractivity contribution in [2.45, 2.75) is 31.8 Å². The molecule has 1 heterocycles. The van der Waals surface area contributed by atoms with Crippen LogP contribution in [0.4, 0.5) is 14.9 Å². The van der Waals surface area contributed by atoms with Crippen LogP contribution in [0.15, 0.2) is 18.2 Å². The predicted octanol–water partition coefficient (Wildman–Crippen LogP) is 2.13. The third-order valence-electron chi connectivity index (χ3n) is 3.73. The number of amides is 2. The van der Waals surface area contributed by atoms with Crippen molar-refractivity contribution in [1.29, 1.82) is 0 Å². The molecule has 2 unspecified atom stereocenters. The van der Waals surface area contributed by atoms with Crippen LogP contribution in [-0.4, -0.2) is 42.9 Å². The molecule has 5 nitrogen and oxygen atoms in total. The molecule has 22 heavy (non-hydrogen) atoms. The number of hydrogen-bond acceptors (Lipinski definition) is 3. The van der Waals surface area contributed by atoms with E-state index in [1.54, 1.807) is 6.07 Å². The minimum absolute atomic E-state index is 0.0139. The first-order valence-electron chi connectivity index (χ1n) is 7.37. The van der Waals surface area contributed by atoms with E-state index in [2.05, 4.69) is 10.6 Å². The number of nitrogens with zero attached hydrogens (tertiary/aromatic N) is 1. The van der Waals surface area contributed by atoms with E-state index in [1.165, 1.54) is 12.1 Å². The van der Waals surface area contributed by atoms with E-state index in [1.807, 2.05) is 11.8 Å². The lowest BCUT2D eigenvalue weighted by atomic mass is 10.2. The van der Waals surface area contributed by atoms with Crippen LogP contribution in [-0.2, 0) is 0 Å². The minimum Gasteiger partial charge on any atom is -0.396 e. The van der Waals surface area contributed by atoms with Gasteiger partial charge in [-0.15, -0.1) is 0 Å². The van der Waals surface area contributed by atoms with Crippen molar-refractivity contribution in [2.24, 2.45) is 0 Å². The van der Waals surface area contributed by atoms with Crippen molar-refractivity contribution in [3.8, 4) is 0 Å². The maximum atomic E-state index is 13.5. The number of carbonyl (C=O) groups is 1. The lowest BCUT2D eigenvalue weighted by molar-refractivity contribution is 0.228. The summed E-state index contributed by atoms with van der Waals surface area (Å²) >= 11 is 5.68. The molecule has 1 aromatic rings. The Hall–Kier alpha value is -1.53. The second-order valence-corrected chi connectivity index (χ2v) is 5.97. The molecule has 3 N–H and O–H groups in total. The molecule has 1 aliphatic rings. The van der Waals surface area contributed by atoms with Crippen LogP contribution in [0.3, 0.4) is 0 Å². The molecule has 0 aliphatic carbocycles. The standard InChI is InChI=1S/C15H21ClFN3O2/c1-10(5-7-21)18-15(22)19-11-4-6-20(9-11)12-2-3-13(16)14(17)8-12/h2-3,8,10-11,21H,4-7,9H2,1H3,(H2,18,19,22). The third kappa shape index (κ3) is 4.48. The van der Waals surface area contributed by atoms with E-state index in [-0.39, 0.29) is 29.7 Å². The van der Waals surface area contributed by atoms with E-state index >= 15 is 0 Å². The largest absolute Gasteiger partial charge is 0.396 e. The number of aliphatic hydroxyl groups is 1. The second-order valence-electron chi connectivity index (χ2n) is 5.56. The van der Waals surface area contributed by atoms with Crippen LogP contribution in [0.2, 0.25) is 5.02 Å². The van der Waals surface area contributed by atoms with E-state index in [9.17, 15) is 9.18 Å². The van der Waals surface area contributed by atoms with Gasteiger partial charge in [0.15, 0.2) is 0 Å². The molecule has 0 saturated carbocycles. The highest BCUT2D eigenvalue weighted by molar-refractivity contribution is 6.30. The number of nitrogens with one attached hydrogen (secondary N) is 2. The zero-order valence-electron chi connectivity index (χ0n) is 12.5. The molecule has 1 saturated heterocycles. The monoisotopic (exact) mass is 329 g/mol. The molecule has 1 fully saturated rings. The fourth-order valence-corrected chi connectivity index (χ4v) is 2.63. The number of urea groups is 1. The van der Waals surface area contributed by atoms with Gasteiger partial charge in [-0.25, -0.2) is 9.18 Å². The zero-order chi connectivity index (χ0) is 16.1. The topological polar surface area (TPSA) is 64.6 Å². The van der Waals surface area contributed by atoms with Gasteiger partial charge in [0, 0.05) is 37.5 Å². The fourth-order valence-electron chi connectivity index (χ4n) is 2.51. The molecular formula is C15H21ClFN3O2. The molecule has 2 atom stereocenters. The van der Waals surface area contributed by atoms with Crippen LogP contribution < -0.4 is 15.5 Å². The highest BCUT2D eigenvalue weighted by atomic mass is 35.5. The highest BCUT2D eigenvalue weighted by Gasteiger charge is 2.24. The summed E-state index contributed by atoms with van der Waals surface area (Å²) in [7, 11) is 0. The highest BCUT2D eigenvalue weighted by Crippen LogP contribution is 2.24. The molecule has 1 aliphatic heterocycles. The van der Waals surface area contributed by atoms with Crippen molar-refractivity contribution in [1.82, 2.24) is 10.6 Å². The van der Waals surface area contributed by atoms with Crippen molar-refractivity contribution in [3.05, 3.63) is 29.0 Å². The van der Waals surface area contributed by atoms with Gasteiger partial charge in [0.1, 0.15) is 5.82 Å². The molecule has 0 bridgehead atoms. The third-order valence-corrected chi connectivity index (χ3v) is 4.04. The van der Waals surface area contributed by atoms with Crippen molar-refractivity contribution in [3.63, 3.8) is 0 Å². The smallest absolute Gasteiger partial charge is 0.315 e. The van der Waals surface area contributed by atoms with E-state index in [0.717, 1.165) is 18.7 Å². The first-order chi connectivity index (χ1) is 10.5. The first-order valence-corrected chi connectivity index (χ1v) is 7.75. The predicted molar refractivity (Wildman–Crippen MR) is 84.9 cm³/mol. The molecule has 2 amide bonds. The zero-order valence-corrected chi connectivity index (χ0v) is 13.2. The summed E-state index contributed by atoms with van der Waals surface area (Å²) in [5.41, 5.74) is 0.764. The Morgan fingerprint density at radius 1 is 1.59 bits per heavy atom. The first kappa shape index (κ1) is 16.8. The average Bonchev–Trinajstić information content (AvgIpc) is 2.90. The number of anilines is 1. The Labute approximate surface area is 134 Å². The minimum atomic E-state index is -0.439. The van der Waals surface area contributed by atoms with Crippen LogP contribution in [0.5, 0.6) is 0 Å². The van der Waals surface area contributed by atoms with E-state index in [4.69, 9.17) is 16.7 Å². The van der Waals surface area contributed by atoms with Crippen molar-refractivity contribution < 1.29 is 14.3 Å². The number of aliphatic hydroxyl groups excluding tert-OH is 1. The van der Waals surface area contributed by atoms with E-state index < -0.39 is 5.82 Å². The van der Waals surface area contributed by atoms with E-state index in [0.29, 0.717) is 13.0 Å². The van der Waals surface area contributed by atoms with Gasteiger partial charge in [0.25, 0.3) is 0 Å². The Morgan fingerprint density at radius 2 is 2.36 bits per heavy atom. The van der Waals surface area contributed by atoms with Gasteiger partial charge in [-0.3, -0.25) is 0 Å². The van der Waals surface area contributed by atoms with Crippen molar-refractivity contribution >= 4 is 23.3 Å². The summed E-state index contributed by atoms with van der Waals surface area (Å²) in [6.45, 7) is 3.26. The quantitative estimate of drug-likeness (QED) is 0.775. The molecule has 0 aromatic heterocycles. The number of benzene rings is 1. The lowest BCUT2D eigenvalue weighted by Crippen LogP contribution is -2.46. The maximum absolute atomic E-state index is 13.5. The Kier molecular flexibility index (Phi) is 5.85. The van der Waals surface area contributed by atoms with Crippen LogP contribution in [0, 0.1) is 5.82 Å². The Balaban J connectivity index is 1.84. The number of carbonyl (C=O) groups excluding carboxylic acids is 1. The van der Waals surface area contributed by atoms with Gasteiger partial charge in [0.05, 0.1) is 5.02 Å². The summed E-state index contributed by atoms with van der Waals surface area (Å²) in [6, 6.07) is 4.42. The fraction of sp³-hybridized carbons (Fsp3) is 0.533. The molecule has 0 radical (unpaired) electrons. The Morgan fingerprint density at radius 3 is 3.05 bits per heavy atom. The van der Waals surface area contributed by atoms with Gasteiger partial charge in [0.2, 0.25) is 0 Å². The SMILES string of the molecule is CC(CCO)NC(=O)NC1CCN(c2ccc(Cl)c(F)c2)C1. The van der Waals surface area contributed by atoms with Crippen molar-refractivity contribution in [2.75, 3.05) is 24.6 Å². The number of hydrogen-bond donors (Lipinski definition) is 3. The van der Waals surface area contributed by atoms with Crippen LogP contribution in [0.25, 0.3) is 0 Å². The summed E-state index contributed by atoms with van der Waals surface area (Å²) in [5.74, 6) is -0.439. The molecule has 122 valence electrons. The molecule has 0 spiro atoms. The molecule has 7 heteroatoms. The average molecular weight is 330 g/mol.